The highest BCUT2D eigenvalue weighted by Crippen LogP contribution is 2.39. The number of alkyl halides is 3. The van der Waals surface area contributed by atoms with E-state index in [0.29, 0.717) is 47.7 Å². The zero-order valence-corrected chi connectivity index (χ0v) is 20.8. The lowest BCUT2D eigenvalue weighted by Gasteiger charge is -2.32. The van der Waals surface area contributed by atoms with Crippen LogP contribution in [0.4, 0.5) is 13.2 Å². The lowest BCUT2D eigenvalue weighted by molar-refractivity contribution is -0.0281. The Morgan fingerprint density at radius 1 is 0.974 bits per heavy atom. The van der Waals surface area contributed by atoms with Gasteiger partial charge >= 0.3 is 5.92 Å². The van der Waals surface area contributed by atoms with E-state index < -0.39 is 23.8 Å². The van der Waals surface area contributed by atoms with Gasteiger partial charge in [-0.2, -0.15) is 8.78 Å². The van der Waals surface area contributed by atoms with Gasteiger partial charge in [0.15, 0.2) is 23.9 Å². The van der Waals surface area contributed by atoms with Gasteiger partial charge in [-0.3, -0.25) is 4.79 Å². The average Bonchev–Trinajstić information content (AvgIpc) is 3.49. The fraction of sp³-hybridized carbons (Fsp3) is 0.267. The molecule has 3 aromatic carbocycles. The first-order valence-corrected chi connectivity index (χ1v) is 12.4. The molecule has 1 N–H and O–H groups in total. The Kier molecular flexibility index (Phi) is 6.97. The van der Waals surface area contributed by atoms with Crippen molar-refractivity contribution in [3.8, 4) is 11.5 Å². The van der Waals surface area contributed by atoms with Gasteiger partial charge in [0, 0.05) is 41.1 Å². The van der Waals surface area contributed by atoms with Crippen molar-refractivity contribution in [2.24, 2.45) is 0 Å². The molecule has 0 unspecified atom stereocenters. The molecule has 0 aliphatic heterocycles. The number of fused-ring (bicyclic) bond motifs is 1. The molecule has 8 heteroatoms. The standard InChI is InChI=1S/C30H27F3N2O3/c1-29(28-34-16-17-35-28,20-6-3-2-4-7-20)38-27-15-14-24-23(8-5-9-26(24)36)25(27)18-37-22-12-10-21(11-13-22)30(32,33)19-31/h2-4,6-7,10-17H,5,8-9,18-19H2,1H3,(H,34,35)/t29-/m0/s1. The minimum atomic E-state index is -3.55. The van der Waals surface area contributed by atoms with Crippen LogP contribution in [0, 0.1) is 0 Å². The number of hydrogen-bond acceptors (Lipinski definition) is 4. The third kappa shape index (κ3) is 4.90. The predicted octanol–water partition coefficient (Wildman–Crippen LogP) is 6.91. The van der Waals surface area contributed by atoms with Crippen LogP contribution in [0.2, 0.25) is 0 Å². The van der Waals surface area contributed by atoms with Crippen LogP contribution in [0.1, 0.15) is 58.2 Å². The van der Waals surface area contributed by atoms with Gasteiger partial charge in [0.1, 0.15) is 18.1 Å². The van der Waals surface area contributed by atoms with E-state index in [4.69, 9.17) is 9.47 Å². The molecule has 1 aliphatic rings. The third-order valence-corrected chi connectivity index (χ3v) is 6.94. The van der Waals surface area contributed by atoms with Crippen molar-refractivity contribution in [1.82, 2.24) is 9.97 Å². The summed E-state index contributed by atoms with van der Waals surface area (Å²) in [5.74, 6) is -2.01. The lowest BCUT2D eigenvalue weighted by Crippen LogP contribution is -2.33. The molecule has 0 fully saturated rings. The van der Waals surface area contributed by atoms with E-state index in [1.807, 2.05) is 37.3 Å². The summed E-state index contributed by atoms with van der Waals surface area (Å²) < 4.78 is 52.8. The van der Waals surface area contributed by atoms with Crippen molar-refractivity contribution in [3.05, 3.63) is 113 Å². The fourth-order valence-electron chi connectivity index (χ4n) is 4.81. The Bertz CT molecular complexity index is 1410. The van der Waals surface area contributed by atoms with Gasteiger partial charge < -0.3 is 14.5 Å². The number of ether oxygens (including phenoxy) is 2. The summed E-state index contributed by atoms with van der Waals surface area (Å²) in [7, 11) is 0. The highest BCUT2D eigenvalue weighted by molar-refractivity contribution is 5.99. The quantitative estimate of drug-likeness (QED) is 0.260. The summed E-state index contributed by atoms with van der Waals surface area (Å²) in [6.07, 6.45) is 5.26. The second-order valence-electron chi connectivity index (χ2n) is 9.44. The van der Waals surface area contributed by atoms with Gasteiger partial charge in [0.2, 0.25) is 0 Å². The number of halogens is 3. The first-order chi connectivity index (χ1) is 18.3. The number of benzene rings is 3. The van der Waals surface area contributed by atoms with Crippen molar-refractivity contribution >= 4 is 5.78 Å². The molecule has 38 heavy (non-hydrogen) atoms. The maximum Gasteiger partial charge on any atom is 0.301 e. The van der Waals surface area contributed by atoms with E-state index in [1.54, 1.807) is 24.5 Å². The Morgan fingerprint density at radius 3 is 2.42 bits per heavy atom. The molecule has 1 aromatic heterocycles. The third-order valence-electron chi connectivity index (χ3n) is 6.94. The Balaban J connectivity index is 1.51. The van der Waals surface area contributed by atoms with Gasteiger partial charge in [-0.1, -0.05) is 30.3 Å². The Labute approximate surface area is 218 Å². The SMILES string of the molecule is C[C@](Oc1ccc2c(c1COc1ccc(C(F)(F)CF)cc1)CCCC2=O)(c1ccccc1)c1ncc[nH]1. The summed E-state index contributed by atoms with van der Waals surface area (Å²) in [5, 5.41) is 0. The number of aromatic nitrogens is 2. The van der Waals surface area contributed by atoms with Crippen LogP contribution in [-0.2, 0) is 24.6 Å². The topological polar surface area (TPSA) is 64.2 Å². The van der Waals surface area contributed by atoms with Crippen LogP contribution in [0.25, 0.3) is 0 Å². The highest BCUT2D eigenvalue weighted by atomic mass is 19.3. The number of rotatable bonds is 9. The molecular weight excluding hydrogens is 493 g/mol. The van der Waals surface area contributed by atoms with Crippen LogP contribution in [0.3, 0.4) is 0 Å². The summed E-state index contributed by atoms with van der Waals surface area (Å²) in [6.45, 7) is 0.196. The predicted molar refractivity (Wildman–Crippen MR) is 136 cm³/mol. The summed E-state index contributed by atoms with van der Waals surface area (Å²) in [6, 6.07) is 18.3. The highest BCUT2D eigenvalue weighted by Gasteiger charge is 2.36. The average molecular weight is 521 g/mol. The summed E-state index contributed by atoms with van der Waals surface area (Å²) >= 11 is 0. The molecule has 196 valence electrons. The summed E-state index contributed by atoms with van der Waals surface area (Å²) in [5.41, 5.74) is 1.68. The zero-order chi connectivity index (χ0) is 26.8. The fourth-order valence-corrected chi connectivity index (χ4v) is 4.81. The van der Waals surface area contributed by atoms with Crippen molar-refractivity contribution < 1.29 is 27.4 Å². The molecule has 5 nitrogen and oxygen atoms in total. The number of ketones is 1. The van der Waals surface area contributed by atoms with Crippen LogP contribution in [0.15, 0.2) is 79.1 Å². The molecule has 5 rings (SSSR count). The van der Waals surface area contributed by atoms with E-state index in [1.165, 1.54) is 12.1 Å². The van der Waals surface area contributed by atoms with Gasteiger partial charge in [-0.25, -0.2) is 9.37 Å². The maximum atomic E-state index is 13.7. The molecular formula is C30H27F3N2O3. The molecule has 0 amide bonds. The Hall–Kier alpha value is -4.07. The second-order valence-corrected chi connectivity index (χ2v) is 9.44. The first kappa shape index (κ1) is 25.6. The first-order valence-electron chi connectivity index (χ1n) is 12.4. The minimum Gasteiger partial charge on any atom is -0.489 e. The number of Topliss-reactive ketones (excluding diaryl/α,β-unsaturated/α-hetero) is 1. The molecule has 1 atom stereocenters. The Morgan fingerprint density at radius 2 is 1.74 bits per heavy atom. The molecule has 4 aromatic rings. The van der Waals surface area contributed by atoms with E-state index in [2.05, 4.69) is 9.97 Å². The number of carbonyl (C=O) groups excluding carboxylic acids is 1. The van der Waals surface area contributed by atoms with E-state index in [9.17, 15) is 18.0 Å². The van der Waals surface area contributed by atoms with Crippen LogP contribution >= 0.6 is 0 Å². The van der Waals surface area contributed by atoms with E-state index in [0.717, 1.165) is 23.3 Å². The van der Waals surface area contributed by atoms with Gasteiger partial charge in [0.25, 0.3) is 0 Å². The van der Waals surface area contributed by atoms with Crippen molar-refractivity contribution in [3.63, 3.8) is 0 Å². The second kappa shape index (κ2) is 10.4. The van der Waals surface area contributed by atoms with Gasteiger partial charge in [-0.05, 0) is 61.7 Å². The van der Waals surface area contributed by atoms with Crippen molar-refractivity contribution in [1.29, 1.82) is 0 Å². The molecule has 0 saturated carbocycles. The van der Waals surface area contributed by atoms with E-state index in [-0.39, 0.29) is 12.4 Å². The number of nitrogens with zero attached hydrogens (tertiary/aromatic N) is 1. The van der Waals surface area contributed by atoms with Gasteiger partial charge in [-0.15, -0.1) is 0 Å². The number of hydrogen-bond donors (Lipinski definition) is 1. The molecule has 0 spiro atoms. The minimum absolute atomic E-state index is 0.0493. The largest absolute Gasteiger partial charge is 0.489 e. The monoisotopic (exact) mass is 520 g/mol. The lowest BCUT2D eigenvalue weighted by atomic mass is 9.86. The smallest absolute Gasteiger partial charge is 0.301 e. The molecule has 0 radical (unpaired) electrons. The van der Waals surface area contributed by atoms with Crippen molar-refractivity contribution in [2.75, 3.05) is 6.67 Å². The van der Waals surface area contributed by atoms with Crippen molar-refractivity contribution in [2.45, 2.75) is 44.3 Å². The van der Waals surface area contributed by atoms with E-state index >= 15 is 0 Å². The summed E-state index contributed by atoms with van der Waals surface area (Å²) in [4.78, 5) is 20.3. The van der Waals surface area contributed by atoms with Crippen LogP contribution in [-0.4, -0.2) is 22.4 Å². The number of carbonyl (C=O) groups is 1. The molecule has 1 aliphatic carbocycles. The number of aromatic amines is 1. The molecule has 1 heterocycles. The normalized spacial score (nSPS) is 15.0. The number of nitrogens with one attached hydrogen (secondary N) is 1. The zero-order valence-electron chi connectivity index (χ0n) is 20.8. The molecule has 0 saturated heterocycles. The molecule has 0 bridgehead atoms. The van der Waals surface area contributed by atoms with Gasteiger partial charge in [0.05, 0.1) is 0 Å². The van der Waals surface area contributed by atoms with Crippen LogP contribution < -0.4 is 9.47 Å². The number of H-pyrrole nitrogens is 1. The van der Waals surface area contributed by atoms with Crippen LogP contribution in [0.5, 0.6) is 11.5 Å². The maximum absolute atomic E-state index is 13.7. The number of imidazole rings is 1.